The summed E-state index contributed by atoms with van der Waals surface area (Å²) in [4.78, 5) is 0. The summed E-state index contributed by atoms with van der Waals surface area (Å²) in [5.41, 5.74) is 8.14. The molecule has 2 N–H and O–H groups in total. The van der Waals surface area contributed by atoms with Gasteiger partial charge < -0.3 is 5.73 Å². The lowest BCUT2D eigenvalue weighted by atomic mass is 10.1. The predicted octanol–water partition coefficient (Wildman–Crippen LogP) is 2.84. The number of aryl methyl sites for hydroxylation is 1. The number of fused-ring (bicyclic) bond motifs is 1. The lowest BCUT2D eigenvalue weighted by Gasteiger charge is -2.05. The fourth-order valence-corrected chi connectivity index (χ4v) is 2.19. The molecule has 4 heteroatoms. The van der Waals surface area contributed by atoms with Crippen molar-refractivity contribution in [1.29, 1.82) is 0 Å². The van der Waals surface area contributed by atoms with Gasteiger partial charge in [0.25, 0.3) is 0 Å². The van der Waals surface area contributed by atoms with Crippen LogP contribution in [0, 0.1) is 0 Å². The zero-order valence-corrected chi connectivity index (χ0v) is 10.5. The molecule has 1 unspecified atom stereocenters. The standard InChI is InChI=1S/C11H14BrN3/c1-3-15-10-5-4-8(7(2)13)6-9(10)11(12)14-15/h4-7H,3,13H2,1-2H3. The van der Waals surface area contributed by atoms with Crippen molar-refractivity contribution in [3.05, 3.63) is 28.4 Å². The highest BCUT2D eigenvalue weighted by molar-refractivity contribution is 9.10. The van der Waals surface area contributed by atoms with Crippen LogP contribution in [0.15, 0.2) is 22.8 Å². The van der Waals surface area contributed by atoms with Crippen molar-refractivity contribution in [2.45, 2.75) is 26.4 Å². The van der Waals surface area contributed by atoms with E-state index < -0.39 is 0 Å². The maximum absolute atomic E-state index is 5.85. The number of hydrogen-bond donors (Lipinski definition) is 1. The summed E-state index contributed by atoms with van der Waals surface area (Å²) in [5.74, 6) is 0. The first-order valence-corrected chi connectivity index (χ1v) is 5.84. The van der Waals surface area contributed by atoms with E-state index in [4.69, 9.17) is 5.73 Å². The van der Waals surface area contributed by atoms with Crippen LogP contribution >= 0.6 is 15.9 Å². The number of aromatic nitrogens is 2. The summed E-state index contributed by atoms with van der Waals surface area (Å²) in [6.45, 7) is 4.94. The maximum Gasteiger partial charge on any atom is 0.136 e. The molecule has 2 rings (SSSR count). The van der Waals surface area contributed by atoms with E-state index in [1.54, 1.807) is 0 Å². The zero-order chi connectivity index (χ0) is 11.0. The summed E-state index contributed by atoms with van der Waals surface area (Å²) in [5, 5.41) is 5.53. The van der Waals surface area contributed by atoms with Gasteiger partial charge in [-0.15, -0.1) is 0 Å². The van der Waals surface area contributed by atoms with Crippen LogP contribution in [0.4, 0.5) is 0 Å². The Balaban J connectivity index is 2.66. The molecule has 0 saturated carbocycles. The van der Waals surface area contributed by atoms with Crippen LogP contribution in [0.5, 0.6) is 0 Å². The molecule has 0 radical (unpaired) electrons. The molecule has 15 heavy (non-hydrogen) atoms. The topological polar surface area (TPSA) is 43.8 Å². The van der Waals surface area contributed by atoms with Crippen LogP contribution in [-0.2, 0) is 6.54 Å². The molecule has 2 aromatic rings. The van der Waals surface area contributed by atoms with E-state index in [0.29, 0.717) is 0 Å². The average molecular weight is 268 g/mol. The van der Waals surface area contributed by atoms with Crippen LogP contribution < -0.4 is 5.73 Å². The smallest absolute Gasteiger partial charge is 0.136 e. The lowest BCUT2D eigenvalue weighted by molar-refractivity contribution is 0.678. The number of nitrogens with two attached hydrogens (primary N) is 1. The first kappa shape index (κ1) is 10.6. The van der Waals surface area contributed by atoms with Gasteiger partial charge in [-0.1, -0.05) is 6.07 Å². The van der Waals surface area contributed by atoms with E-state index in [2.05, 4.69) is 46.2 Å². The second kappa shape index (κ2) is 3.94. The number of hydrogen-bond acceptors (Lipinski definition) is 2. The minimum Gasteiger partial charge on any atom is -0.324 e. The van der Waals surface area contributed by atoms with E-state index in [-0.39, 0.29) is 6.04 Å². The van der Waals surface area contributed by atoms with Gasteiger partial charge in [-0.25, -0.2) is 0 Å². The first-order chi connectivity index (χ1) is 7.13. The van der Waals surface area contributed by atoms with E-state index in [1.807, 2.05) is 11.6 Å². The van der Waals surface area contributed by atoms with Crippen molar-refractivity contribution in [1.82, 2.24) is 9.78 Å². The normalized spacial score (nSPS) is 13.3. The quantitative estimate of drug-likeness (QED) is 0.910. The van der Waals surface area contributed by atoms with Crippen LogP contribution in [-0.4, -0.2) is 9.78 Å². The Morgan fingerprint density at radius 2 is 2.27 bits per heavy atom. The van der Waals surface area contributed by atoms with Crippen LogP contribution in [0.3, 0.4) is 0 Å². The molecule has 1 aromatic heterocycles. The molecule has 0 aliphatic heterocycles. The third-order valence-electron chi connectivity index (χ3n) is 2.55. The third-order valence-corrected chi connectivity index (χ3v) is 3.14. The third kappa shape index (κ3) is 1.79. The Labute approximate surface area is 97.4 Å². The van der Waals surface area contributed by atoms with Crippen molar-refractivity contribution in [2.75, 3.05) is 0 Å². The molecule has 3 nitrogen and oxygen atoms in total. The largest absolute Gasteiger partial charge is 0.324 e. The number of halogens is 1. The second-order valence-corrected chi connectivity index (χ2v) is 4.42. The summed E-state index contributed by atoms with van der Waals surface area (Å²) in [6.07, 6.45) is 0. The molecule has 0 spiro atoms. The second-order valence-electron chi connectivity index (χ2n) is 3.67. The Morgan fingerprint density at radius 1 is 1.53 bits per heavy atom. The van der Waals surface area contributed by atoms with Gasteiger partial charge >= 0.3 is 0 Å². The molecule has 1 atom stereocenters. The van der Waals surface area contributed by atoms with Gasteiger partial charge in [0.1, 0.15) is 4.60 Å². The molecule has 0 aliphatic carbocycles. The van der Waals surface area contributed by atoms with Crippen molar-refractivity contribution in [2.24, 2.45) is 5.73 Å². The highest BCUT2D eigenvalue weighted by atomic mass is 79.9. The molecular weight excluding hydrogens is 254 g/mol. The number of rotatable bonds is 2. The Morgan fingerprint density at radius 3 is 2.87 bits per heavy atom. The van der Waals surface area contributed by atoms with Gasteiger partial charge in [-0.2, -0.15) is 5.10 Å². The Bertz CT molecular complexity index is 488. The van der Waals surface area contributed by atoms with Crippen LogP contribution in [0.1, 0.15) is 25.5 Å². The predicted molar refractivity (Wildman–Crippen MR) is 65.7 cm³/mol. The highest BCUT2D eigenvalue weighted by Gasteiger charge is 2.09. The van der Waals surface area contributed by atoms with Crippen molar-refractivity contribution in [3.8, 4) is 0 Å². The molecule has 80 valence electrons. The molecule has 1 heterocycles. The summed E-state index contributed by atoms with van der Waals surface area (Å²) < 4.78 is 2.87. The van der Waals surface area contributed by atoms with E-state index in [1.165, 1.54) is 0 Å². The molecule has 0 fully saturated rings. The highest BCUT2D eigenvalue weighted by Crippen LogP contribution is 2.26. The average Bonchev–Trinajstić information content (AvgIpc) is 2.55. The van der Waals surface area contributed by atoms with Crippen molar-refractivity contribution in [3.63, 3.8) is 0 Å². The summed E-state index contributed by atoms with van der Waals surface area (Å²) in [7, 11) is 0. The fraction of sp³-hybridized carbons (Fsp3) is 0.364. The zero-order valence-electron chi connectivity index (χ0n) is 8.87. The van der Waals surface area contributed by atoms with Gasteiger partial charge in [0.2, 0.25) is 0 Å². The maximum atomic E-state index is 5.85. The van der Waals surface area contributed by atoms with Gasteiger partial charge in [-0.3, -0.25) is 4.68 Å². The molecule has 1 aromatic carbocycles. The summed E-state index contributed by atoms with van der Waals surface area (Å²) in [6, 6.07) is 6.30. The van der Waals surface area contributed by atoms with Gasteiger partial charge in [0, 0.05) is 18.0 Å². The van der Waals surface area contributed by atoms with Gasteiger partial charge in [0.15, 0.2) is 0 Å². The molecular formula is C11H14BrN3. The van der Waals surface area contributed by atoms with Crippen LogP contribution in [0.25, 0.3) is 10.9 Å². The molecule has 0 bridgehead atoms. The van der Waals surface area contributed by atoms with Crippen molar-refractivity contribution >= 4 is 26.8 Å². The molecule has 0 saturated heterocycles. The van der Waals surface area contributed by atoms with E-state index in [0.717, 1.165) is 27.6 Å². The Hall–Kier alpha value is -0.870. The van der Waals surface area contributed by atoms with Crippen molar-refractivity contribution < 1.29 is 0 Å². The molecule has 0 amide bonds. The molecule has 0 aliphatic rings. The van der Waals surface area contributed by atoms with E-state index in [9.17, 15) is 0 Å². The number of nitrogens with zero attached hydrogens (tertiary/aromatic N) is 2. The first-order valence-electron chi connectivity index (χ1n) is 5.05. The van der Waals surface area contributed by atoms with Gasteiger partial charge in [-0.05, 0) is 47.5 Å². The minimum absolute atomic E-state index is 0.0614. The van der Waals surface area contributed by atoms with E-state index >= 15 is 0 Å². The fourth-order valence-electron chi connectivity index (χ4n) is 1.68. The van der Waals surface area contributed by atoms with Crippen LogP contribution in [0.2, 0.25) is 0 Å². The van der Waals surface area contributed by atoms with Gasteiger partial charge in [0.05, 0.1) is 5.52 Å². The lowest BCUT2D eigenvalue weighted by Crippen LogP contribution is -2.04. The SMILES string of the molecule is CCn1nc(Br)c2cc(C(C)N)ccc21. The monoisotopic (exact) mass is 267 g/mol. The Kier molecular flexibility index (Phi) is 2.80. The minimum atomic E-state index is 0.0614. The number of benzene rings is 1. The summed E-state index contributed by atoms with van der Waals surface area (Å²) >= 11 is 3.47.